The molecule has 194 valence electrons. The summed E-state index contributed by atoms with van der Waals surface area (Å²) in [7, 11) is 0. The number of aryl methyl sites for hydroxylation is 1. The molecule has 37 heavy (non-hydrogen) atoms. The number of nitrogens with one attached hydrogen (secondary N) is 1. The molecule has 0 saturated heterocycles. The maximum atomic E-state index is 13.4. The molecule has 2 N–H and O–H groups in total. The zero-order valence-electron chi connectivity index (χ0n) is 21.0. The Hall–Kier alpha value is -3.58. The van der Waals surface area contributed by atoms with Gasteiger partial charge in [0.1, 0.15) is 5.75 Å². The Morgan fingerprint density at radius 1 is 0.946 bits per heavy atom. The number of carbonyl (C=O) groups excluding carboxylic acids is 1. The van der Waals surface area contributed by atoms with E-state index in [1.807, 2.05) is 38.1 Å². The predicted molar refractivity (Wildman–Crippen MR) is 139 cm³/mol. The van der Waals surface area contributed by atoms with Gasteiger partial charge in [-0.3, -0.25) is 4.79 Å². The average molecular weight is 509 g/mol. The van der Waals surface area contributed by atoms with Crippen LogP contribution in [0.3, 0.4) is 0 Å². The molecule has 3 aromatic rings. The Labute approximate surface area is 215 Å². The minimum atomic E-state index is -4.41. The second kappa shape index (κ2) is 11.2. The van der Waals surface area contributed by atoms with Crippen molar-refractivity contribution in [2.24, 2.45) is 0 Å². The van der Waals surface area contributed by atoms with E-state index in [0.717, 1.165) is 33.9 Å². The highest BCUT2D eigenvalue weighted by molar-refractivity contribution is 5.96. The molecule has 1 aliphatic carbocycles. The number of phenols is 1. The van der Waals surface area contributed by atoms with Gasteiger partial charge in [-0.1, -0.05) is 36.4 Å². The summed E-state index contributed by atoms with van der Waals surface area (Å²) in [6.45, 7) is 5.65. The van der Waals surface area contributed by atoms with Gasteiger partial charge in [0.2, 0.25) is 0 Å². The van der Waals surface area contributed by atoms with Gasteiger partial charge in [0.05, 0.1) is 5.56 Å². The van der Waals surface area contributed by atoms with Crippen molar-refractivity contribution < 1.29 is 23.1 Å². The summed E-state index contributed by atoms with van der Waals surface area (Å²) >= 11 is 0. The fraction of sp³-hybridized carbons (Fsp3) is 0.300. The number of alkyl halides is 3. The third-order valence-corrected chi connectivity index (χ3v) is 6.83. The van der Waals surface area contributed by atoms with Gasteiger partial charge in [0.15, 0.2) is 0 Å². The van der Waals surface area contributed by atoms with E-state index in [4.69, 9.17) is 0 Å². The second-order valence-electron chi connectivity index (χ2n) is 9.14. The van der Waals surface area contributed by atoms with Crippen LogP contribution in [0.25, 0.3) is 5.57 Å². The van der Waals surface area contributed by atoms with Gasteiger partial charge in [-0.15, -0.1) is 0 Å². The fourth-order valence-corrected chi connectivity index (χ4v) is 4.97. The Balaban J connectivity index is 1.67. The Morgan fingerprint density at radius 2 is 1.70 bits per heavy atom. The van der Waals surface area contributed by atoms with E-state index in [2.05, 4.69) is 5.32 Å². The van der Waals surface area contributed by atoms with Gasteiger partial charge in [0, 0.05) is 31.7 Å². The van der Waals surface area contributed by atoms with Crippen LogP contribution in [0.5, 0.6) is 5.75 Å². The van der Waals surface area contributed by atoms with Gasteiger partial charge in [0.25, 0.3) is 5.91 Å². The summed E-state index contributed by atoms with van der Waals surface area (Å²) in [6.07, 6.45) is -3.00. The number of carbonyl (C=O) groups is 1. The van der Waals surface area contributed by atoms with Crippen LogP contribution in [-0.2, 0) is 19.1 Å². The molecule has 3 aromatic carbocycles. The summed E-state index contributed by atoms with van der Waals surface area (Å²) in [4.78, 5) is 14.7. The maximum Gasteiger partial charge on any atom is 0.416 e. The molecule has 7 heteroatoms. The molecule has 4 nitrogen and oxygen atoms in total. The molecule has 0 unspecified atom stereocenters. The van der Waals surface area contributed by atoms with Crippen molar-refractivity contribution in [1.82, 2.24) is 10.2 Å². The van der Waals surface area contributed by atoms with Crippen molar-refractivity contribution in [2.75, 3.05) is 19.6 Å². The highest BCUT2D eigenvalue weighted by Gasteiger charge is 2.32. The van der Waals surface area contributed by atoms with Crippen LogP contribution >= 0.6 is 0 Å². The van der Waals surface area contributed by atoms with E-state index in [1.165, 1.54) is 12.1 Å². The van der Waals surface area contributed by atoms with E-state index in [0.29, 0.717) is 38.0 Å². The smallest absolute Gasteiger partial charge is 0.416 e. The first-order valence-electron chi connectivity index (χ1n) is 12.5. The van der Waals surface area contributed by atoms with Gasteiger partial charge in [-0.05, 0) is 90.4 Å². The number of fused-ring (bicyclic) bond motifs is 1. The van der Waals surface area contributed by atoms with E-state index < -0.39 is 11.7 Å². The molecule has 0 spiro atoms. The van der Waals surface area contributed by atoms with E-state index in [1.54, 1.807) is 29.2 Å². The molecule has 0 saturated carbocycles. The lowest BCUT2D eigenvalue weighted by Crippen LogP contribution is -2.30. The minimum absolute atomic E-state index is 0.00789. The second-order valence-corrected chi connectivity index (χ2v) is 9.14. The first-order valence-corrected chi connectivity index (χ1v) is 12.5. The van der Waals surface area contributed by atoms with Crippen molar-refractivity contribution in [3.63, 3.8) is 0 Å². The Bertz CT molecular complexity index is 1310. The number of amides is 1. The minimum Gasteiger partial charge on any atom is -0.508 e. The largest absolute Gasteiger partial charge is 0.508 e. The normalized spacial score (nSPS) is 13.4. The Morgan fingerprint density at radius 3 is 2.41 bits per heavy atom. The first kappa shape index (κ1) is 26.5. The molecule has 0 radical (unpaired) electrons. The van der Waals surface area contributed by atoms with Crippen LogP contribution in [0.15, 0.2) is 72.3 Å². The lowest BCUT2D eigenvalue weighted by molar-refractivity contribution is -0.138. The molecule has 0 heterocycles. The lowest BCUT2D eigenvalue weighted by atomic mass is 9.81. The number of rotatable bonds is 8. The van der Waals surface area contributed by atoms with Crippen molar-refractivity contribution >= 4 is 11.5 Å². The lowest BCUT2D eigenvalue weighted by Gasteiger charge is -2.26. The van der Waals surface area contributed by atoms with Crippen LogP contribution in [0.1, 0.15) is 58.4 Å². The number of benzene rings is 3. The van der Waals surface area contributed by atoms with Crippen LogP contribution in [-0.4, -0.2) is 35.5 Å². The summed E-state index contributed by atoms with van der Waals surface area (Å²) in [6, 6.07) is 18.3. The van der Waals surface area contributed by atoms with Crippen LogP contribution in [0.4, 0.5) is 13.2 Å². The van der Waals surface area contributed by atoms with Gasteiger partial charge in [-0.25, -0.2) is 0 Å². The molecular formula is C30H31F3N2O2. The number of aromatic hydroxyl groups is 1. The van der Waals surface area contributed by atoms with Crippen LogP contribution < -0.4 is 5.32 Å². The van der Waals surface area contributed by atoms with Crippen LogP contribution in [0.2, 0.25) is 0 Å². The van der Waals surface area contributed by atoms with Crippen molar-refractivity contribution in [2.45, 2.75) is 39.4 Å². The SMILES string of the molecule is CCN(CC)C(=O)c1ccc2c(c1)CCC(CNCc1ccccc1C(F)(F)F)=C2c1cccc(O)c1. The van der Waals surface area contributed by atoms with E-state index >= 15 is 0 Å². The standard InChI is InChI=1S/C30H31F3N2O2/c1-3-35(4-2)29(37)22-14-15-26-20(16-22)12-13-24(28(26)21-9-7-10-25(36)17-21)19-34-18-23-8-5-6-11-27(23)30(31,32)33/h5-11,14-17,34,36H,3-4,12-13,18-19H2,1-2H3. The molecule has 1 amide bonds. The zero-order valence-corrected chi connectivity index (χ0v) is 21.0. The molecular weight excluding hydrogens is 477 g/mol. The van der Waals surface area contributed by atoms with Crippen LogP contribution in [0, 0.1) is 0 Å². The van der Waals surface area contributed by atoms with Crippen molar-refractivity contribution in [3.05, 3.63) is 106 Å². The van der Waals surface area contributed by atoms with Crippen molar-refractivity contribution in [3.8, 4) is 5.75 Å². The summed E-state index contributed by atoms with van der Waals surface area (Å²) < 4.78 is 40.2. The topological polar surface area (TPSA) is 52.6 Å². The third kappa shape index (κ3) is 5.88. The van der Waals surface area contributed by atoms with Crippen molar-refractivity contribution in [1.29, 1.82) is 0 Å². The molecule has 0 fully saturated rings. The molecule has 0 bridgehead atoms. The summed E-state index contributed by atoms with van der Waals surface area (Å²) in [5.41, 5.74) is 5.04. The average Bonchev–Trinajstić information content (AvgIpc) is 2.88. The molecule has 0 atom stereocenters. The number of hydrogen-bond donors (Lipinski definition) is 2. The number of nitrogens with zero attached hydrogens (tertiary/aromatic N) is 1. The van der Waals surface area contributed by atoms with Gasteiger partial charge in [-0.2, -0.15) is 13.2 Å². The molecule has 0 aliphatic heterocycles. The van der Waals surface area contributed by atoms with Gasteiger partial charge >= 0.3 is 6.18 Å². The number of phenolic OH excluding ortho intramolecular Hbond substituents is 1. The summed E-state index contributed by atoms with van der Waals surface area (Å²) in [5.74, 6) is 0.128. The maximum absolute atomic E-state index is 13.4. The number of halogens is 3. The van der Waals surface area contributed by atoms with E-state index in [9.17, 15) is 23.1 Å². The van der Waals surface area contributed by atoms with Gasteiger partial charge < -0.3 is 15.3 Å². The fourth-order valence-electron chi connectivity index (χ4n) is 4.97. The van der Waals surface area contributed by atoms with E-state index in [-0.39, 0.29) is 23.8 Å². The Kier molecular flexibility index (Phi) is 8.03. The zero-order chi connectivity index (χ0) is 26.6. The highest BCUT2D eigenvalue weighted by atomic mass is 19.4. The molecule has 0 aromatic heterocycles. The molecule has 1 aliphatic rings. The monoisotopic (exact) mass is 508 g/mol. The first-order chi connectivity index (χ1) is 17.7. The third-order valence-electron chi connectivity index (χ3n) is 6.83. The quantitative estimate of drug-likeness (QED) is 0.369. The highest BCUT2D eigenvalue weighted by Crippen LogP contribution is 2.38. The molecule has 4 rings (SSSR count). The summed E-state index contributed by atoms with van der Waals surface area (Å²) in [5, 5.41) is 13.4. The predicted octanol–water partition coefficient (Wildman–Crippen LogP) is 6.43. The number of hydrogen-bond acceptors (Lipinski definition) is 3.